The lowest BCUT2D eigenvalue weighted by Crippen LogP contribution is -2.20. The minimum atomic E-state index is 0.241. The molecule has 1 aromatic carbocycles. The second-order valence-electron chi connectivity index (χ2n) is 3.96. The van der Waals surface area contributed by atoms with E-state index in [1.807, 2.05) is 37.6 Å². The maximum Gasteiger partial charge on any atom is 0.388 e. The van der Waals surface area contributed by atoms with Crippen molar-refractivity contribution in [3.63, 3.8) is 0 Å². The first-order chi connectivity index (χ1) is 8.27. The largest absolute Gasteiger partial charge is 0.507 e. The molecule has 1 aliphatic rings. The summed E-state index contributed by atoms with van der Waals surface area (Å²) in [5.41, 5.74) is 3.48. The summed E-state index contributed by atoms with van der Waals surface area (Å²) in [6, 6.07) is 9.15. The van der Waals surface area contributed by atoms with Gasteiger partial charge in [-0.3, -0.25) is 4.98 Å². The quantitative estimate of drug-likeness (QED) is 0.725. The minimum Gasteiger partial charge on any atom is -0.507 e. The Hall–Kier alpha value is -2.17. The fraction of sp³-hybridized carbons (Fsp3) is 0.0833. The molecule has 5 heteroatoms. The molecule has 17 heavy (non-hydrogen) atoms. The molecular formula is C12H11BN3O. The van der Waals surface area contributed by atoms with Crippen LogP contribution in [0.4, 0.5) is 11.4 Å². The van der Waals surface area contributed by atoms with Crippen molar-refractivity contribution in [3.8, 4) is 17.0 Å². The van der Waals surface area contributed by atoms with E-state index in [0.29, 0.717) is 0 Å². The lowest BCUT2D eigenvalue weighted by atomic mass is 10.1. The Kier molecular flexibility index (Phi) is 2.18. The van der Waals surface area contributed by atoms with E-state index in [2.05, 4.69) is 10.2 Å². The van der Waals surface area contributed by atoms with Crippen LogP contribution < -0.4 is 10.0 Å². The number of aromatic nitrogens is 1. The SMILES string of the molecule is CN1[B]Nc2c1ccnc2-c1ccccc1O. The van der Waals surface area contributed by atoms with Crippen LogP contribution in [0, 0.1) is 0 Å². The summed E-state index contributed by atoms with van der Waals surface area (Å²) in [5.74, 6) is 0.241. The maximum atomic E-state index is 9.87. The molecule has 0 unspecified atom stereocenters. The molecule has 2 aromatic rings. The van der Waals surface area contributed by atoms with Crippen LogP contribution in [0.1, 0.15) is 0 Å². The molecule has 1 aliphatic heterocycles. The van der Waals surface area contributed by atoms with E-state index in [9.17, 15) is 5.11 Å². The number of pyridine rings is 1. The number of hydrogen-bond acceptors (Lipinski definition) is 4. The second-order valence-corrected chi connectivity index (χ2v) is 3.96. The summed E-state index contributed by atoms with van der Waals surface area (Å²) in [7, 11) is 3.84. The minimum absolute atomic E-state index is 0.241. The van der Waals surface area contributed by atoms with Crippen molar-refractivity contribution in [3.05, 3.63) is 36.5 Å². The van der Waals surface area contributed by atoms with Crippen LogP contribution in [0.25, 0.3) is 11.3 Å². The standard InChI is InChI=1S/C12H11BN3O/c1-16-9-6-7-14-11(12(9)15-13-16)8-4-2-3-5-10(8)17/h2-7,15,17H,1H3. The molecule has 1 aromatic heterocycles. The van der Waals surface area contributed by atoms with E-state index in [4.69, 9.17) is 0 Å². The van der Waals surface area contributed by atoms with Crippen molar-refractivity contribution in [1.82, 2.24) is 4.98 Å². The zero-order valence-electron chi connectivity index (χ0n) is 9.38. The number of fused-ring (bicyclic) bond motifs is 1. The molecule has 4 nitrogen and oxygen atoms in total. The third kappa shape index (κ3) is 1.51. The number of anilines is 2. The third-order valence-corrected chi connectivity index (χ3v) is 2.87. The van der Waals surface area contributed by atoms with Crippen molar-refractivity contribution < 1.29 is 5.11 Å². The number of nitrogens with zero attached hydrogens (tertiary/aromatic N) is 2. The van der Waals surface area contributed by atoms with Crippen molar-refractivity contribution in [2.75, 3.05) is 17.1 Å². The van der Waals surface area contributed by atoms with Gasteiger partial charge in [-0.05, 0) is 25.2 Å². The van der Waals surface area contributed by atoms with Crippen LogP contribution in [-0.4, -0.2) is 24.7 Å². The molecule has 0 saturated heterocycles. The summed E-state index contributed by atoms with van der Waals surface area (Å²) in [4.78, 5) is 6.33. The molecule has 0 saturated carbocycles. The normalized spacial score (nSPS) is 12.9. The Labute approximate surface area is 100 Å². The predicted octanol–water partition coefficient (Wildman–Crippen LogP) is 1.85. The molecular weight excluding hydrogens is 213 g/mol. The highest BCUT2D eigenvalue weighted by atomic mass is 16.3. The van der Waals surface area contributed by atoms with E-state index in [0.717, 1.165) is 22.6 Å². The van der Waals surface area contributed by atoms with Crippen molar-refractivity contribution in [2.45, 2.75) is 0 Å². The fourth-order valence-corrected chi connectivity index (χ4v) is 2.00. The van der Waals surface area contributed by atoms with Crippen LogP contribution in [0.5, 0.6) is 5.75 Å². The van der Waals surface area contributed by atoms with Gasteiger partial charge in [-0.25, -0.2) is 0 Å². The van der Waals surface area contributed by atoms with Crippen LogP contribution in [0.2, 0.25) is 0 Å². The van der Waals surface area contributed by atoms with Crippen LogP contribution in [-0.2, 0) is 0 Å². The summed E-state index contributed by atoms with van der Waals surface area (Å²) < 4.78 is 0. The van der Waals surface area contributed by atoms with Gasteiger partial charge in [-0.2, -0.15) is 0 Å². The van der Waals surface area contributed by atoms with Gasteiger partial charge in [0.1, 0.15) is 5.75 Å². The number of para-hydroxylation sites is 1. The number of nitrogens with one attached hydrogen (secondary N) is 1. The Morgan fingerprint density at radius 1 is 1.29 bits per heavy atom. The van der Waals surface area contributed by atoms with Crippen molar-refractivity contribution in [1.29, 1.82) is 0 Å². The van der Waals surface area contributed by atoms with Crippen LogP contribution in [0.3, 0.4) is 0 Å². The lowest BCUT2D eigenvalue weighted by molar-refractivity contribution is 0.477. The molecule has 0 amide bonds. The third-order valence-electron chi connectivity index (χ3n) is 2.87. The Morgan fingerprint density at radius 2 is 2.12 bits per heavy atom. The molecule has 83 valence electrons. The van der Waals surface area contributed by atoms with Gasteiger partial charge in [0.15, 0.2) is 0 Å². The highest BCUT2D eigenvalue weighted by Crippen LogP contribution is 2.39. The topological polar surface area (TPSA) is 48.4 Å². The Balaban J connectivity index is 2.20. The van der Waals surface area contributed by atoms with E-state index in [1.165, 1.54) is 0 Å². The highest BCUT2D eigenvalue weighted by Gasteiger charge is 2.22. The highest BCUT2D eigenvalue weighted by molar-refractivity contribution is 6.50. The molecule has 0 fully saturated rings. The molecule has 0 bridgehead atoms. The fourth-order valence-electron chi connectivity index (χ4n) is 2.00. The first-order valence-corrected chi connectivity index (χ1v) is 5.37. The van der Waals surface area contributed by atoms with Gasteiger partial charge in [0.25, 0.3) is 0 Å². The first kappa shape index (κ1) is 10.0. The molecule has 2 N–H and O–H groups in total. The number of rotatable bonds is 1. The van der Waals surface area contributed by atoms with Crippen LogP contribution >= 0.6 is 0 Å². The average Bonchev–Trinajstić information content (AvgIpc) is 2.72. The number of benzene rings is 1. The zero-order chi connectivity index (χ0) is 11.8. The molecule has 1 radical (unpaired) electrons. The summed E-state index contributed by atoms with van der Waals surface area (Å²) in [6.45, 7) is 0. The first-order valence-electron chi connectivity index (χ1n) is 5.37. The molecule has 0 spiro atoms. The summed E-state index contributed by atoms with van der Waals surface area (Å²) in [6.07, 6.45) is 1.75. The molecule has 0 aliphatic carbocycles. The predicted molar refractivity (Wildman–Crippen MR) is 69.1 cm³/mol. The average molecular weight is 224 g/mol. The van der Waals surface area contributed by atoms with Gasteiger partial charge in [-0.15, -0.1) is 0 Å². The van der Waals surface area contributed by atoms with E-state index in [-0.39, 0.29) is 5.75 Å². The summed E-state index contributed by atoms with van der Waals surface area (Å²) in [5, 5.41) is 13.0. The van der Waals surface area contributed by atoms with Gasteiger partial charge in [-0.1, -0.05) is 12.1 Å². The maximum absolute atomic E-state index is 9.87. The van der Waals surface area contributed by atoms with Gasteiger partial charge in [0.2, 0.25) is 0 Å². The number of phenols is 1. The lowest BCUT2D eigenvalue weighted by Gasteiger charge is -2.11. The van der Waals surface area contributed by atoms with Crippen molar-refractivity contribution >= 4 is 18.9 Å². The van der Waals surface area contributed by atoms with Crippen LogP contribution in [0.15, 0.2) is 36.5 Å². The number of hydrogen-bond donors (Lipinski definition) is 2. The second kappa shape index (κ2) is 3.70. The van der Waals surface area contributed by atoms with Gasteiger partial charge in [0.05, 0.1) is 17.1 Å². The van der Waals surface area contributed by atoms with E-state index >= 15 is 0 Å². The van der Waals surface area contributed by atoms with Gasteiger partial charge >= 0.3 is 7.55 Å². The Morgan fingerprint density at radius 3 is 2.94 bits per heavy atom. The molecule has 2 heterocycles. The van der Waals surface area contributed by atoms with Gasteiger partial charge < -0.3 is 15.1 Å². The monoisotopic (exact) mass is 224 g/mol. The molecule has 0 atom stereocenters. The number of aromatic hydroxyl groups is 1. The van der Waals surface area contributed by atoms with Crippen molar-refractivity contribution in [2.24, 2.45) is 0 Å². The molecule has 3 rings (SSSR count). The summed E-state index contributed by atoms with van der Waals surface area (Å²) >= 11 is 0. The Bertz CT molecular complexity index is 573. The smallest absolute Gasteiger partial charge is 0.388 e. The van der Waals surface area contributed by atoms with Gasteiger partial charge in [0, 0.05) is 11.8 Å². The zero-order valence-corrected chi connectivity index (χ0v) is 9.38. The van der Waals surface area contributed by atoms with E-state index in [1.54, 1.807) is 18.3 Å². The number of phenolic OH excluding ortho intramolecular Hbond substituents is 1. The van der Waals surface area contributed by atoms with E-state index < -0.39 is 0 Å².